The first-order chi connectivity index (χ1) is 10.7. The molecular formula is C16H22N2O4. The van der Waals surface area contributed by atoms with Gasteiger partial charge in [-0.1, -0.05) is 19.8 Å². The molecule has 1 heterocycles. The highest BCUT2D eigenvalue weighted by molar-refractivity contribution is 5.99. The van der Waals surface area contributed by atoms with E-state index in [2.05, 4.69) is 12.2 Å². The summed E-state index contributed by atoms with van der Waals surface area (Å²) >= 11 is 0. The van der Waals surface area contributed by atoms with Crippen molar-refractivity contribution in [2.24, 2.45) is 0 Å². The van der Waals surface area contributed by atoms with Crippen molar-refractivity contribution in [2.45, 2.75) is 26.2 Å². The predicted molar refractivity (Wildman–Crippen MR) is 84.3 cm³/mol. The van der Waals surface area contributed by atoms with Gasteiger partial charge >= 0.3 is 0 Å². The first kappa shape index (κ1) is 16.3. The second-order valence-electron chi connectivity index (χ2n) is 5.20. The lowest BCUT2D eigenvalue weighted by Crippen LogP contribution is -2.39. The predicted octanol–water partition coefficient (Wildman–Crippen LogP) is 2.19. The second kappa shape index (κ2) is 7.79. The fraction of sp³-hybridized carbons (Fsp3) is 0.500. The van der Waals surface area contributed by atoms with Crippen molar-refractivity contribution in [3.05, 3.63) is 18.2 Å². The minimum atomic E-state index is -0.233. The number of carbonyl (C=O) groups is 2. The van der Waals surface area contributed by atoms with Crippen molar-refractivity contribution in [1.82, 2.24) is 0 Å². The summed E-state index contributed by atoms with van der Waals surface area (Å²) in [4.78, 5) is 25.4. The van der Waals surface area contributed by atoms with Gasteiger partial charge < -0.3 is 19.7 Å². The highest BCUT2D eigenvalue weighted by Crippen LogP contribution is 2.34. The molecule has 6 nitrogen and oxygen atoms in total. The van der Waals surface area contributed by atoms with Gasteiger partial charge in [0.1, 0.15) is 12.4 Å². The Bertz CT molecular complexity index is 545. The van der Waals surface area contributed by atoms with Crippen molar-refractivity contribution < 1.29 is 19.1 Å². The Morgan fingerprint density at radius 2 is 2.23 bits per heavy atom. The van der Waals surface area contributed by atoms with Gasteiger partial charge in [-0.2, -0.15) is 0 Å². The molecule has 1 aliphatic heterocycles. The number of carbonyl (C=O) groups excluding carboxylic acids is 2. The molecule has 120 valence electrons. The Morgan fingerprint density at radius 3 is 2.95 bits per heavy atom. The van der Waals surface area contributed by atoms with E-state index in [0.29, 0.717) is 23.7 Å². The number of methoxy groups -OCH3 is 1. The van der Waals surface area contributed by atoms with E-state index in [4.69, 9.17) is 9.47 Å². The first-order valence-corrected chi connectivity index (χ1v) is 7.51. The summed E-state index contributed by atoms with van der Waals surface area (Å²) < 4.78 is 10.2. The number of nitrogens with zero attached hydrogens (tertiary/aromatic N) is 1. The van der Waals surface area contributed by atoms with Crippen molar-refractivity contribution in [1.29, 1.82) is 0 Å². The lowest BCUT2D eigenvalue weighted by molar-refractivity contribution is -0.121. The van der Waals surface area contributed by atoms with E-state index in [1.54, 1.807) is 23.1 Å². The maximum Gasteiger partial charge on any atom is 0.265 e. The number of unbranched alkanes of at least 4 members (excludes halogenated alkanes) is 2. The van der Waals surface area contributed by atoms with E-state index < -0.39 is 0 Å². The van der Waals surface area contributed by atoms with Crippen LogP contribution in [0, 0.1) is 0 Å². The van der Waals surface area contributed by atoms with E-state index in [1.165, 1.54) is 7.11 Å². The molecule has 1 aliphatic rings. The fourth-order valence-corrected chi connectivity index (χ4v) is 2.37. The van der Waals surface area contributed by atoms with Gasteiger partial charge in [0.25, 0.3) is 5.91 Å². The Kier molecular flexibility index (Phi) is 5.77. The summed E-state index contributed by atoms with van der Waals surface area (Å²) in [5.74, 6) is 0.382. The summed E-state index contributed by atoms with van der Waals surface area (Å²) in [5, 5.41) is 2.74. The maximum absolute atomic E-state index is 12.1. The number of hydrogen-bond acceptors (Lipinski definition) is 4. The van der Waals surface area contributed by atoms with E-state index in [0.717, 1.165) is 19.3 Å². The third kappa shape index (κ3) is 3.98. The molecule has 6 heteroatoms. The quantitative estimate of drug-likeness (QED) is 0.784. The summed E-state index contributed by atoms with van der Waals surface area (Å²) in [6, 6.07) is 5.30. The molecular weight excluding hydrogens is 284 g/mol. The highest BCUT2D eigenvalue weighted by Gasteiger charge is 2.25. The zero-order valence-corrected chi connectivity index (χ0v) is 13.1. The largest absolute Gasteiger partial charge is 0.482 e. The molecule has 0 saturated heterocycles. The summed E-state index contributed by atoms with van der Waals surface area (Å²) in [6.07, 6.45) is 3.12. The molecule has 2 amide bonds. The highest BCUT2D eigenvalue weighted by atomic mass is 16.5. The van der Waals surface area contributed by atoms with Crippen LogP contribution in [0.3, 0.4) is 0 Å². The molecule has 1 aromatic carbocycles. The average molecular weight is 306 g/mol. The van der Waals surface area contributed by atoms with E-state index in [-0.39, 0.29) is 25.0 Å². The minimum Gasteiger partial charge on any atom is -0.482 e. The van der Waals surface area contributed by atoms with Crippen molar-refractivity contribution in [2.75, 3.05) is 37.1 Å². The molecule has 1 N–H and O–H groups in total. The summed E-state index contributed by atoms with van der Waals surface area (Å²) in [5.41, 5.74) is 1.34. The minimum absolute atomic E-state index is 0.00721. The second-order valence-corrected chi connectivity index (χ2v) is 5.20. The monoisotopic (exact) mass is 306 g/mol. The van der Waals surface area contributed by atoms with Gasteiger partial charge in [-0.15, -0.1) is 0 Å². The lowest BCUT2D eigenvalue weighted by Gasteiger charge is -2.29. The Labute approximate surface area is 130 Å². The number of fused-ring (bicyclic) bond motifs is 1. The van der Waals surface area contributed by atoms with Crippen LogP contribution in [0.1, 0.15) is 26.2 Å². The number of benzene rings is 1. The zero-order valence-electron chi connectivity index (χ0n) is 13.1. The molecule has 1 aromatic rings. The molecule has 0 unspecified atom stereocenters. The van der Waals surface area contributed by atoms with Crippen LogP contribution in [0.25, 0.3) is 0 Å². The van der Waals surface area contributed by atoms with Gasteiger partial charge in [-0.3, -0.25) is 9.59 Å². The van der Waals surface area contributed by atoms with Gasteiger partial charge in [0.15, 0.2) is 6.61 Å². The topological polar surface area (TPSA) is 67.9 Å². The third-order valence-corrected chi connectivity index (χ3v) is 3.45. The van der Waals surface area contributed by atoms with E-state index >= 15 is 0 Å². The molecule has 2 rings (SSSR count). The number of hydrogen-bond donors (Lipinski definition) is 1. The molecule has 0 fully saturated rings. The van der Waals surface area contributed by atoms with Crippen LogP contribution >= 0.6 is 0 Å². The van der Waals surface area contributed by atoms with Crippen LogP contribution in [0.4, 0.5) is 11.4 Å². The summed E-state index contributed by atoms with van der Waals surface area (Å²) in [7, 11) is 1.47. The summed E-state index contributed by atoms with van der Waals surface area (Å²) in [6.45, 7) is 2.85. The van der Waals surface area contributed by atoms with Crippen LogP contribution < -0.4 is 15.0 Å². The van der Waals surface area contributed by atoms with E-state index in [1.807, 2.05) is 0 Å². The van der Waals surface area contributed by atoms with Crippen molar-refractivity contribution in [3.8, 4) is 5.75 Å². The van der Waals surface area contributed by atoms with Gasteiger partial charge in [0.05, 0.1) is 5.69 Å². The third-order valence-electron chi connectivity index (χ3n) is 3.45. The van der Waals surface area contributed by atoms with Crippen molar-refractivity contribution in [3.63, 3.8) is 0 Å². The van der Waals surface area contributed by atoms with Crippen LogP contribution in [0.5, 0.6) is 5.75 Å². The normalized spacial score (nSPS) is 13.5. The van der Waals surface area contributed by atoms with Gasteiger partial charge in [-0.05, 0) is 24.6 Å². The fourth-order valence-electron chi connectivity index (χ4n) is 2.37. The molecule has 22 heavy (non-hydrogen) atoms. The molecule has 0 spiro atoms. The number of anilines is 2. The Balaban J connectivity index is 2.16. The number of ether oxygens (including phenoxy) is 2. The van der Waals surface area contributed by atoms with Gasteiger partial charge in [-0.25, -0.2) is 0 Å². The lowest BCUT2D eigenvalue weighted by atomic mass is 10.1. The molecule has 0 saturated carbocycles. The molecule has 0 radical (unpaired) electrons. The van der Waals surface area contributed by atoms with Gasteiger partial charge in [0, 0.05) is 19.3 Å². The molecule has 0 bridgehead atoms. The molecule has 0 atom stereocenters. The average Bonchev–Trinajstić information content (AvgIpc) is 2.50. The van der Waals surface area contributed by atoms with Crippen LogP contribution in [0.2, 0.25) is 0 Å². The number of amides is 2. The SMILES string of the molecule is CCCCCN1C(=O)COc2ccc(NC(=O)COC)cc21. The van der Waals surface area contributed by atoms with Crippen LogP contribution in [-0.4, -0.2) is 38.7 Å². The maximum atomic E-state index is 12.1. The number of nitrogens with one attached hydrogen (secondary N) is 1. The molecule has 0 aromatic heterocycles. The number of rotatable bonds is 7. The first-order valence-electron chi connectivity index (χ1n) is 7.51. The molecule has 0 aliphatic carbocycles. The standard InChI is InChI=1S/C16H22N2O4/c1-3-4-5-8-18-13-9-12(17-15(19)10-21-2)6-7-14(13)22-11-16(18)20/h6-7,9H,3-5,8,10-11H2,1-2H3,(H,17,19). The Morgan fingerprint density at radius 1 is 1.41 bits per heavy atom. The zero-order chi connectivity index (χ0) is 15.9. The van der Waals surface area contributed by atoms with Crippen molar-refractivity contribution >= 4 is 23.2 Å². The van der Waals surface area contributed by atoms with Gasteiger partial charge in [0.2, 0.25) is 5.91 Å². The van der Waals surface area contributed by atoms with Crippen LogP contribution in [-0.2, 0) is 14.3 Å². The smallest absolute Gasteiger partial charge is 0.265 e. The van der Waals surface area contributed by atoms with E-state index in [9.17, 15) is 9.59 Å². The Hall–Kier alpha value is -2.08. The van der Waals surface area contributed by atoms with Crippen LogP contribution in [0.15, 0.2) is 18.2 Å².